The number of nitrogens with two attached hydrogens (primary N) is 1. The molecule has 1 aromatic carbocycles. The molecule has 1 amide bonds. The van der Waals surface area contributed by atoms with Gasteiger partial charge in [0.25, 0.3) is 0 Å². The summed E-state index contributed by atoms with van der Waals surface area (Å²) in [6.07, 6.45) is 3.00. The van der Waals surface area contributed by atoms with E-state index >= 15 is 0 Å². The zero-order valence-corrected chi connectivity index (χ0v) is 11.0. The van der Waals surface area contributed by atoms with E-state index in [0.717, 1.165) is 30.5 Å². The van der Waals surface area contributed by atoms with Gasteiger partial charge in [0, 0.05) is 11.7 Å². The van der Waals surface area contributed by atoms with E-state index in [2.05, 4.69) is 19.2 Å². The lowest BCUT2D eigenvalue weighted by Crippen LogP contribution is -2.37. The van der Waals surface area contributed by atoms with E-state index in [-0.39, 0.29) is 16.7 Å². The average molecular weight is 244 g/mol. The fourth-order valence-corrected chi connectivity index (χ4v) is 2.58. The summed E-state index contributed by atoms with van der Waals surface area (Å²) in [6, 6.07) is 8.09. The van der Waals surface area contributed by atoms with Crippen molar-refractivity contribution in [1.29, 1.82) is 0 Å². The van der Waals surface area contributed by atoms with E-state index in [1.807, 2.05) is 24.3 Å². The van der Waals surface area contributed by atoms with E-state index in [1.165, 1.54) is 0 Å². The Balaban J connectivity index is 1.75. The molecule has 1 aromatic rings. The minimum absolute atomic E-state index is 0.197. The van der Waals surface area contributed by atoms with Crippen molar-refractivity contribution in [3.05, 3.63) is 29.8 Å². The van der Waals surface area contributed by atoms with Gasteiger partial charge in [-0.3, -0.25) is 4.79 Å². The zero-order valence-electron chi connectivity index (χ0n) is 11.0. The predicted octanol–water partition coefficient (Wildman–Crippen LogP) is 2.22. The lowest BCUT2D eigenvalue weighted by atomic mass is 9.94. The fourth-order valence-electron chi connectivity index (χ4n) is 2.58. The number of amides is 1. The summed E-state index contributed by atoms with van der Waals surface area (Å²) >= 11 is 0. The van der Waals surface area contributed by atoms with Crippen LogP contribution in [0.25, 0.3) is 0 Å². The molecular weight excluding hydrogens is 224 g/mol. The molecule has 3 rings (SSSR count). The van der Waals surface area contributed by atoms with Gasteiger partial charge in [0.1, 0.15) is 0 Å². The lowest BCUT2D eigenvalue weighted by Gasteiger charge is -2.16. The van der Waals surface area contributed by atoms with E-state index in [9.17, 15) is 4.79 Å². The SMILES string of the molecule is CC1(C)CC1NC(=O)C1(c2ccc(N)cc2)CC1. The van der Waals surface area contributed by atoms with E-state index in [0.29, 0.717) is 6.04 Å². The topological polar surface area (TPSA) is 55.1 Å². The maximum absolute atomic E-state index is 12.4. The minimum atomic E-state index is -0.271. The van der Waals surface area contributed by atoms with Gasteiger partial charge in [-0.25, -0.2) is 0 Å². The standard InChI is InChI=1S/C15H20N2O/c1-14(2)9-12(14)17-13(18)15(7-8-15)10-3-5-11(16)6-4-10/h3-6,12H,7-9,16H2,1-2H3,(H,17,18). The maximum atomic E-state index is 12.4. The largest absolute Gasteiger partial charge is 0.399 e. The van der Waals surface area contributed by atoms with Crippen molar-refractivity contribution in [2.75, 3.05) is 5.73 Å². The third kappa shape index (κ3) is 1.78. The smallest absolute Gasteiger partial charge is 0.230 e. The van der Waals surface area contributed by atoms with Crippen LogP contribution in [-0.4, -0.2) is 11.9 Å². The van der Waals surface area contributed by atoms with E-state index in [1.54, 1.807) is 0 Å². The van der Waals surface area contributed by atoms with Gasteiger partial charge in [-0.2, -0.15) is 0 Å². The number of carbonyl (C=O) groups is 1. The summed E-state index contributed by atoms with van der Waals surface area (Å²) in [7, 11) is 0. The van der Waals surface area contributed by atoms with Crippen LogP contribution in [0.3, 0.4) is 0 Å². The zero-order chi connectivity index (χ0) is 13.0. The van der Waals surface area contributed by atoms with Crippen molar-refractivity contribution in [3.63, 3.8) is 0 Å². The summed E-state index contributed by atoms with van der Waals surface area (Å²) in [4.78, 5) is 12.4. The van der Waals surface area contributed by atoms with Crippen LogP contribution in [0.4, 0.5) is 5.69 Å². The summed E-state index contributed by atoms with van der Waals surface area (Å²) in [5.41, 5.74) is 7.56. The Bertz CT molecular complexity index is 486. The van der Waals surface area contributed by atoms with Crippen LogP contribution in [-0.2, 0) is 10.2 Å². The summed E-state index contributed by atoms with van der Waals surface area (Å²) < 4.78 is 0. The molecule has 3 heteroatoms. The van der Waals surface area contributed by atoms with E-state index < -0.39 is 0 Å². The fraction of sp³-hybridized carbons (Fsp3) is 0.533. The van der Waals surface area contributed by atoms with Crippen LogP contribution >= 0.6 is 0 Å². The Hall–Kier alpha value is -1.51. The first kappa shape index (κ1) is 11.6. The Morgan fingerprint density at radius 3 is 2.28 bits per heavy atom. The molecule has 1 atom stereocenters. The molecule has 0 aromatic heterocycles. The van der Waals surface area contributed by atoms with Crippen molar-refractivity contribution < 1.29 is 4.79 Å². The molecule has 2 fully saturated rings. The van der Waals surface area contributed by atoms with Crippen LogP contribution in [0.15, 0.2) is 24.3 Å². The molecule has 3 N–H and O–H groups in total. The highest BCUT2D eigenvalue weighted by Crippen LogP contribution is 2.51. The van der Waals surface area contributed by atoms with Crippen LogP contribution in [0, 0.1) is 5.41 Å². The molecule has 1 unspecified atom stereocenters. The quantitative estimate of drug-likeness (QED) is 0.801. The molecule has 0 bridgehead atoms. The normalized spacial score (nSPS) is 26.4. The number of carbonyl (C=O) groups excluding carboxylic acids is 1. The molecule has 96 valence electrons. The van der Waals surface area contributed by atoms with Gasteiger partial charge < -0.3 is 11.1 Å². The second-order valence-corrected chi connectivity index (χ2v) is 6.42. The first-order chi connectivity index (χ1) is 8.44. The molecule has 0 radical (unpaired) electrons. The molecule has 0 saturated heterocycles. The summed E-state index contributed by atoms with van der Waals surface area (Å²) in [5.74, 6) is 0.197. The number of hydrogen-bond donors (Lipinski definition) is 2. The first-order valence-corrected chi connectivity index (χ1v) is 6.61. The number of hydrogen-bond acceptors (Lipinski definition) is 2. The van der Waals surface area contributed by atoms with Crippen LogP contribution < -0.4 is 11.1 Å². The monoisotopic (exact) mass is 244 g/mol. The van der Waals surface area contributed by atoms with Gasteiger partial charge in [0.15, 0.2) is 0 Å². The van der Waals surface area contributed by atoms with Crippen molar-refractivity contribution in [1.82, 2.24) is 5.32 Å². The van der Waals surface area contributed by atoms with Crippen LogP contribution in [0.2, 0.25) is 0 Å². The molecule has 2 saturated carbocycles. The second kappa shape index (κ2) is 3.50. The molecular formula is C15H20N2O. The summed E-state index contributed by atoms with van der Waals surface area (Å²) in [6.45, 7) is 4.39. The number of anilines is 1. The van der Waals surface area contributed by atoms with Gasteiger partial charge in [0.05, 0.1) is 5.41 Å². The Kier molecular flexibility index (Phi) is 2.25. The van der Waals surface area contributed by atoms with Crippen molar-refractivity contribution in [3.8, 4) is 0 Å². The molecule has 2 aliphatic rings. The third-order valence-electron chi connectivity index (χ3n) is 4.47. The number of nitrogens with one attached hydrogen (secondary N) is 1. The highest BCUT2D eigenvalue weighted by molar-refractivity contribution is 5.91. The highest BCUT2D eigenvalue weighted by atomic mass is 16.2. The first-order valence-electron chi connectivity index (χ1n) is 6.61. The predicted molar refractivity (Wildman–Crippen MR) is 72.1 cm³/mol. The van der Waals surface area contributed by atoms with Crippen molar-refractivity contribution >= 4 is 11.6 Å². The van der Waals surface area contributed by atoms with Gasteiger partial charge >= 0.3 is 0 Å². The lowest BCUT2D eigenvalue weighted by molar-refractivity contribution is -0.123. The molecule has 3 nitrogen and oxygen atoms in total. The van der Waals surface area contributed by atoms with Gasteiger partial charge in [0.2, 0.25) is 5.91 Å². The minimum Gasteiger partial charge on any atom is -0.399 e. The number of benzene rings is 1. The Morgan fingerprint density at radius 1 is 1.28 bits per heavy atom. The van der Waals surface area contributed by atoms with Crippen molar-refractivity contribution in [2.45, 2.75) is 44.6 Å². The second-order valence-electron chi connectivity index (χ2n) is 6.42. The maximum Gasteiger partial charge on any atom is 0.230 e. The molecule has 2 aliphatic carbocycles. The molecule has 0 spiro atoms. The van der Waals surface area contributed by atoms with Crippen LogP contribution in [0.5, 0.6) is 0 Å². The van der Waals surface area contributed by atoms with Gasteiger partial charge in [-0.1, -0.05) is 26.0 Å². The van der Waals surface area contributed by atoms with Gasteiger partial charge in [-0.05, 0) is 42.4 Å². The highest BCUT2D eigenvalue weighted by Gasteiger charge is 2.55. The summed E-state index contributed by atoms with van der Waals surface area (Å²) in [5, 5.41) is 3.19. The third-order valence-corrected chi connectivity index (χ3v) is 4.47. The van der Waals surface area contributed by atoms with Gasteiger partial charge in [-0.15, -0.1) is 0 Å². The van der Waals surface area contributed by atoms with Crippen LogP contribution in [0.1, 0.15) is 38.7 Å². The Morgan fingerprint density at radius 2 is 1.83 bits per heavy atom. The molecule has 18 heavy (non-hydrogen) atoms. The molecule has 0 heterocycles. The van der Waals surface area contributed by atoms with E-state index in [4.69, 9.17) is 5.73 Å². The number of nitrogen functional groups attached to an aromatic ring is 1. The number of rotatable bonds is 3. The molecule has 0 aliphatic heterocycles. The Labute approximate surface area is 108 Å². The average Bonchev–Trinajstić information content (AvgIpc) is 3.19. The van der Waals surface area contributed by atoms with Crippen molar-refractivity contribution in [2.24, 2.45) is 5.41 Å².